The van der Waals surface area contributed by atoms with Gasteiger partial charge in [-0.15, -0.1) is 0 Å². The van der Waals surface area contributed by atoms with Gasteiger partial charge in [-0.25, -0.2) is 0 Å². The maximum absolute atomic E-state index is 12.3. The highest BCUT2D eigenvalue weighted by molar-refractivity contribution is 6.35. The number of ether oxygens (including phenoxy) is 1. The standard InChI is InChI=1S/C19H14Cl2N2O2/c20-15-7-14(8-16(21)9-15)19(24)23-17-4-1-5-18(10-17)25-12-13-3-2-6-22-11-13/h1-11H,12H2,(H,23,24). The van der Waals surface area contributed by atoms with Crippen molar-refractivity contribution >= 4 is 34.8 Å². The van der Waals surface area contributed by atoms with E-state index in [0.29, 0.717) is 33.7 Å². The van der Waals surface area contributed by atoms with E-state index >= 15 is 0 Å². The smallest absolute Gasteiger partial charge is 0.255 e. The molecule has 2 aromatic carbocycles. The highest BCUT2D eigenvalue weighted by atomic mass is 35.5. The summed E-state index contributed by atoms with van der Waals surface area (Å²) in [5.74, 6) is 0.347. The largest absolute Gasteiger partial charge is 0.489 e. The Morgan fingerprint density at radius 1 is 1.04 bits per heavy atom. The molecule has 0 aliphatic rings. The molecule has 0 radical (unpaired) electrons. The number of carbonyl (C=O) groups is 1. The second-order valence-corrected chi connectivity index (χ2v) is 6.16. The Kier molecular flexibility index (Phi) is 5.53. The number of aromatic nitrogens is 1. The van der Waals surface area contributed by atoms with E-state index < -0.39 is 0 Å². The van der Waals surface area contributed by atoms with Crippen molar-refractivity contribution in [2.75, 3.05) is 5.32 Å². The number of carbonyl (C=O) groups excluding carboxylic acids is 1. The van der Waals surface area contributed by atoms with Gasteiger partial charge >= 0.3 is 0 Å². The zero-order valence-corrected chi connectivity index (χ0v) is 14.6. The molecule has 4 nitrogen and oxygen atoms in total. The number of anilines is 1. The van der Waals surface area contributed by atoms with Gasteiger partial charge in [0.15, 0.2) is 0 Å². The van der Waals surface area contributed by atoms with Crippen molar-refractivity contribution in [1.29, 1.82) is 0 Å². The molecule has 0 unspecified atom stereocenters. The van der Waals surface area contributed by atoms with Crippen molar-refractivity contribution in [1.82, 2.24) is 4.98 Å². The van der Waals surface area contributed by atoms with Crippen molar-refractivity contribution < 1.29 is 9.53 Å². The summed E-state index contributed by atoms with van der Waals surface area (Å²) >= 11 is 11.9. The average molecular weight is 373 g/mol. The van der Waals surface area contributed by atoms with Gasteiger partial charge in [0, 0.05) is 45.3 Å². The summed E-state index contributed by atoms with van der Waals surface area (Å²) in [6, 6.07) is 15.6. The van der Waals surface area contributed by atoms with E-state index in [2.05, 4.69) is 10.3 Å². The van der Waals surface area contributed by atoms with Crippen molar-refractivity contribution in [3.63, 3.8) is 0 Å². The van der Waals surface area contributed by atoms with Gasteiger partial charge in [-0.05, 0) is 36.4 Å². The quantitative estimate of drug-likeness (QED) is 0.667. The van der Waals surface area contributed by atoms with E-state index in [9.17, 15) is 4.79 Å². The number of nitrogens with one attached hydrogen (secondary N) is 1. The van der Waals surface area contributed by atoms with E-state index in [-0.39, 0.29) is 5.91 Å². The SMILES string of the molecule is O=C(Nc1cccc(OCc2cccnc2)c1)c1cc(Cl)cc(Cl)c1. The van der Waals surface area contributed by atoms with Crippen molar-refractivity contribution in [2.45, 2.75) is 6.61 Å². The molecule has 0 fully saturated rings. The molecule has 0 spiro atoms. The summed E-state index contributed by atoms with van der Waals surface area (Å²) in [4.78, 5) is 16.4. The molecule has 0 atom stereocenters. The van der Waals surface area contributed by atoms with Crippen LogP contribution in [0.3, 0.4) is 0 Å². The first-order valence-electron chi connectivity index (χ1n) is 7.49. The van der Waals surface area contributed by atoms with E-state index in [1.165, 1.54) is 0 Å². The summed E-state index contributed by atoms with van der Waals surface area (Å²) in [5, 5.41) is 3.62. The molecule has 0 aliphatic heterocycles. The molecule has 25 heavy (non-hydrogen) atoms. The zero-order chi connectivity index (χ0) is 17.6. The van der Waals surface area contributed by atoms with Crippen LogP contribution in [0.15, 0.2) is 67.0 Å². The fourth-order valence-corrected chi connectivity index (χ4v) is 2.73. The Morgan fingerprint density at radius 3 is 2.56 bits per heavy atom. The van der Waals surface area contributed by atoms with Crippen LogP contribution in [-0.2, 0) is 6.61 Å². The molecule has 1 aromatic heterocycles. The summed E-state index contributed by atoms with van der Waals surface area (Å²) < 4.78 is 5.72. The van der Waals surface area contributed by atoms with E-state index in [1.807, 2.05) is 18.2 Å². The van der Waals surface area contributed by atoms with Crippen molar-refractivity contribution in [3.05, 3.63) is 88.2 Å². The van der Waals surface area contributed by atoms with Gasteiger partial charge in [0.05, 0.1) is 0 Å². The number of hydrogen-bond donors (Lipinski definition) is 1. The van der Waals surface area contributed by atoms with Crippen LogP contribution in [-0.4, -0.2) is 10.9 Å². The second-order valence-electron chi connectivity index (χ2n) is 5.29. The van der Waals surface area contributed by atoms with E-state index in [0.717, 1.165) is 5.56 Å². The Morgan fingerprint density at radius 2 is 1.84 bits per heavy atom. The third-order valence-corrected chi connectivity index (χ3v) is 3.78. The first-order valence-corrected chi connectivity index (χ1v) is 8.25. The minimum atomic E-state index is -0.297. The van der Waals surface area contributed by atoms with Gasteiger partial charge in [-0.2, -0.15) is 0 Å². The molecule has 6 heteroatoms. The lowest BCUT2D eigenvalue weighted by Gasteiger charge is -2.10. The first kappa shape index (κ1) is 17.3. The minimum Gasteiger partial charge on any atom is -0.489 e. The summed E-state index contributed by atoms with van der Waals surface area (Å²) in [6.07, 6.45) is 3.45. The molecular weight excluding hydrogens is 359 g/mol. The normalized spacial score (nSPS) is 10.3. The number of amides is 1. The number of rotatable bonds is 5. The minimum absolute atomic E-state index is 0.297. The third-order valence-electron chi connectivity index (χ3n) is 3.34. The molecular formula is C19H14Cl2N2O2. The molecule has 1 N–H and O–H groups in total. The Balaban J connectivity index is 1.67. The lowest BCUT2D eigenvalue weighted by Crippen LogP contribution is -2.12. The molecule has 0 saturated carbocycles. The van der Waals surface area contributed by atoms with Crippen LogP contribution in [0.1, 0.15) is 15.9 Å². The van der Waals surface area contributed by atoms with Crippen LogP contribution in [0.4, 0.5) is 5.69 Å². The first-order chi connectivity index (χ1) is 12.1. The van der Waals surface area contributed by atoms with Crippen molar-refractivity contribution in [2.24, 2.45) is 0 Å². The second kappa shape index (κ2) is 8.01. The van der Waals surface area contributed by atoms with E-state index in [1.54, 1.807) is 48.8 Å². The third kappa shape index (κ3) is 4.95. The molecule has 1 heterocycles. The molecule has 0 saturated heterocycles. The fraction of sp³-hybridized carbons (Fsp3) is 0.0526. The molecule has 0 aliphatic carbocycles. The van der Waals surface area contributed by atoms with Crippen LogP contribution in [0.2, 0.25) is 10.0 Å². The fourth-order valence-electron chi connectivity index (χ4n) is 2.20. The van der Waals surface area contributed by atoms with Gasteiger partial charge in [-0.1, -0.05) is 35.3 Å². The summed E-state index contributed by atoms with van der Waals surface area (Å²) in [6.45, 7) is 0.398. The molecule has 1 amide bonds. The van der Waals surface area contributed by atoms with Gasteiger partial charge in [0.25, 0.3) is 5.91 Å². The summed E-state index contributed by atoms with van der Waals surface area (Å²) in [7, 11) is 0. The number of halogens is 2. The predicted molar refractivity (Wildman–Crippen MR) is 99.4 cm³/mol. The molecule has 3 rings (SSSR count). The topological polar surface area (TPSA) is 51.2 Å². The average Bonchev–Trinajstić information content (AvgIpc) is 2.60. The lowest BCUT2D eigenvalue weighted by molar-refractivity contribution is 0.102. The lowest BCUT2D eigenvalue weighted by atomic mass is 10.2. The Hall–Kier alpha value is -2.56. The van der Waals surface area contributed by atoms with Crippen LogP contribution < -0.4 is 10.1 Å². The van der Waals surface area contributed by atoms with Gasteiger partial charge in [0.1, 0.15) is 12.4 Å². The monoisotopic (exact) mass is 372 g/mol. The van der Waals surface area contributed by atoms with Gasteiger partial charge < -0.3 is 10.1 Å². The number of pyridine rings is 1. The van der Waals surface area contributed by atoms with Crippen LogP contribution >= 0.6 is 23.2 Å². The Labute approximate surface area is 155 Å². The number of nitrogens with zero attached hydrogens (tertiary/aromatic N) is 1. The van der Waals surface area contributed by atoms with Crippen molar-refractivity contribution in [3.8, 4) is 5.75 Å². The van der Waals surface area contributed by atoms with Gasteiger partial charge in [-0.3, -0.25) is 9.78 Å². The Bertz CT molecular complexity index is 865. The highest BCUT2D eigenvalue weighted by Gasteiger charge is 2.09. The highest BCUT2D eigenvalue weighted by Crippen LogP contribution is 2.22. The van der Waals surface area contributed by atoms with Crippen LogP contribution in [0, 0.1) is 0 Å². The maximum Gasteiger partial charge on any atom is 0.255 e. The predicted octanol–water partition coefficient (Wildman–Crippen LogP) is 5.22. The maximum atomic E-state index is 12.3. The number of hydrogen-bond acceptors (Lipinski definition) is 3. The van der Waals surface area contributed by atoms with Crippen LogP contribution in [0.25, 0.3) is 0 Å². The molecule has 0 bridgehead atoms. The molecule has 3 aromatic rings. The van der Waals surface area contributed by atoms with Gasteiger partial charge in [0.2, 0.25) is 0 Å². The van der Waals surface area contributed by atoms with Crippen LogP contribution in [0.5, 0.6) is 5.75 Å². The number of benzene rings is 2. The summed E-state index contributed by atoms with van der Waals surface area (Å²) in [5.41, 5.74) is 1.97. The van der Waals surface area contributed by atoms with E-state index in [4.69, 9.17) is 27.9 Å². The molecule has 126 valence electrons. The zero-order valence-electron chi connectivity index (χ0n) is 13.1.